The Bertz CT molecular complexity index is 931. The zero-order chi connectivity index (χ0) is 18.8. The number of rotatable bonds is 6. The van der Waals surface area contributed by atoms with E-state index in [2.05, 4.69) is 34.0 Å². The van der Waals surface area contributed by atoms with Gasteiger partial charge in [-0.15, -0.1) is 21.5 Å². The van der Waals surface area contributed by atoms with E-state index in [-0.39, 0.29) is 5.82 Å². The van der Waals surface area contributed by atoms with E-state index in [4.69, 9.17) is 0 Å². The molecule has 142 valence electrons. The summed E-state index contributed by atoms with van der Waals surface area (Å²) in [4.78, 5) is 1.52. The lowest BCUT2D eigenvalue weighted by Gasteiger charge is -2.19. The van der Waals surface area contributed by atoms with Crippen molar-refractivity contribution < 1.29 is 4.39 Å². The van der Waals surface area contributed by atoms with Crippen LogP contribution in [0.5, 0.6) is 0 Å². The first-order valence-electron chi connectivity index (χ1n) is 9.55. The topological polar surface area (TPSA) is 30.7 Å². The van der Waals surface area contributed by atoms with E-state index in [1.165, 1.54) is 34.9 Å². The van der Waals surface area contributed by atoms with Gasteiger partial charge in [-0.1, -0.05) is 37.7 Å². The van der Waals surface area contributed by atoms with Gasteiger partial charge in [0.2, 0.25) is 0 Å². The largest absolute Gasteiger partial charge is 0.302 e. The molecule has 1 aromatic carbocycles. The highest BCUT2D eigenvalue weighted by Crippen LogP contribution is 2.38. The number of fused-ring (bicyclic) bond motifs is 1. The van der Waals surface area contributed by atoms with E-state index in [0.29, 0.717) is 5.75 Å². The van der Waals surface area contributed by atoms with Gasteiger partial charge in [-0.05, 0) is 54.9 Å². The van der Waals surface area contributed by atoms with Gasteiger partial charge in [0, 0.05) is 28.1 Å². The number of hydrogen-bond acceptors (Lipinski definition) is 4. The Kier molecular flexibility index (Phi) is 5.64. The van der Waals surface area contributed by atoms with Crippen molar-refractivity contribution in [3.05, 3.63) is 51.5 Å². The van der Waals surface area contributed by atoms with Crippen molar-refractivity contribution in [2.24, 2.45) is 5.92 Å². The molecule has 1 aliphatic carbocycles. The van der Waals surface area contributed by atoms with Gasteiger partial charge in [0.05, 0.1) is 0 Å². The van der Waals surface area contributed by atoms with Gasteiger partial charge in [-0.3, -0.25) is 0 Å². The first-order valence-corrected chi connectivity index (χ1v) is 11.4. The van der Waals surface area contributed by atoms with Crippen LogP contribution in [0, 0.1) is 11.7 Å². The molecule has 0 saturated heterocycles. The zero-order valence-electron chi connectivity index (χ0n) is 15.7. The quantitative estimate of drug-likeness (QED) is 0.477. The lowest BCUT2D eigenvalue weighted by atomic mass is 9.88. The van der Waals surface area contributed by atoms with Crippen LogP contribution in [-0.2, 0) is 25.1 Å². The number of hydrogen-bond donors (Lipinski definition) is 0. The lowest BCUT2D eigenvalue weighted by Crippen LogP contribution is -2.10. The van der Waals surface area contributed by atoms with Crippen LogP contribution in [0.3, 0.4) is 0 Å². The molecule has 0 fully saturated rings. The minimum absolute atomic E-state index is 0.192. The van der Waals surface area contributed by atoms with E-state index < -0.39 is 0 Å². The molecule has 2 heterocycles. The molecule has 4 rings (SSSR count). The second-order valence-corrected chi connectivity index (χ2v) is 9.18. The average Bonchev–Trinajstić information content (AvgIpc) is 3.24. The molecule has 2 aromatic heterocycles. The molecule has 27 heavy (non-hydrogen) atoms. The summed E-state index contributed by atoms with van der Waals surface area (Å²) in [6.07, 6.45) is 4.60. The van der Waals surface area contributed by atoms with Crippen LogP contribution < -0.4 is 0 Å². The van der Waals surface area contributed by atoms with Crippen LogP contribution in [0.15, 0.2) is 34.8 Å². The van der Waals surface area contributed by atoms with Crippen LogP contribution in [0.2, 0.25) is 0 Å². The molecule has 1 aliphatic rings. The van der Waals surface area contributed by atoms with Crippen molar-refractivity contribution in [1.29, 1.82) is 0 Å². The van der Waals surface area contributed by atoms with Crippen LogP contribution in [0.4, 0.5) is 4.39 Å². The maximum absolute atomic E-state index is 13.4. The molecule has 0 aliphatic heterocycles. The number of halogens is 1. The third-order valence-electron chi connectivity index (χ3n) is 5.06. The number of benzene rings is 1. The summed E-state index contributed by atoms with van der Waals surface area (Å²) in [7, 11) is 0. The summed E-state index contributed by atoms with van der Waals surface area (Å²) in [5.41, 5.74) is 3.71. The van der Waals surface area contributed by atoms with Gasteiger partial charge in [0.25, 0.3) is 0 Å². The molecule has 0 amide bonds. The normalized spacial score (nSPS) is 16.5. The Morgan fingerprint density at radius 1 is 1.33 bits per heavy atom. The second kappa shape index (κ2) is 8.15. The molecule has 6 heteroatoms. The van der Waals surface area contributed by atoms with Crippen molar-refractivity contribution in [1.82, 2.24) is 14.8 Å². The highest BCUT2D eigenvalue weighted by Gasteiger charge is 2.24. The van der Waals surface area contributed by atoms with Gasteiger partial charge >= 0.3 is 0 Å². The van der Waals surface area contributed by atoms with Crippen LogP contribution >= 0.6 is 23.1 Å². The number of thiophene rings is 1. The van der Waals surface area contributed by atoms with Gasteiger partial charge in [0.15, 0.2) is 11.0 Å². The predicted octanol–water partition coefficient (Wildman–Crippen LogP) is 5.97. The van der Waals surface area contributed by atoms with E-state index in [1.807, 2.05) is 17.4 Å². The third kappa shape index (κ3) is 3.97. The van der Waals surface area contributed by atoms with Gasteiger partial charge in [0.1, 0.15) is 5.82 Å². The Morgan fingerprint density at radius 2 is 2.22 bits per heavy atom. The molecular formula is C21H24FN3S2. The highest BCUT2D eigenvalue weighted by atomic mass is 32.2. The smallest absolute Gasteiger partial charge is 0.191 e. The molecule has 0 bridgehead atoms. The summed E-state index contributed by atoms with van der Waals surface area (Å²) in [5, 5.41) is 12.2. The summed E-state index contributed by atoms with van der Waals surface area (Å²) in [6, 6.07) is 6.78. The first-order chi connectivity index (χ1) is 13.2. The Hall–Kier alpha value is -1.66. The highest BCUT2D eigenvalue weighted by molar-refractivity contribution is 7.98. The maximum Gasteiger partial charge on any atom is 0.191 e. The number of thioether (sulfide) groups is 1. The summed E-state index contributed by atoms with van der Waals surface area (Å²) in [5.74, 6) is 2.27. The first kappa shape index (κ1) is 18.7. The van der Waals surface area contributed by atoms with E-state index in [0.717, 1.165) is 41.8 Å². The standard InChI is InChI=1S/C21H24FN3S2/c1-3-9-25-20(18-13-26-19-10-14(2)7-8-17(18)19)23-24-21(25)27-12-15-5-4-6-16(22)11-15/h4-6,11,13-14H,3,7-10,12H2,1-2H3. The molecule has 1 atom stereocenters. The summed E-state index contributed by atoms with van der Waals surface area (Å²) >= 11 is 3.50. The fourth-order valence-electron chi connectivity index (χ4n) is 3.66. The molecule has 0 spiro atoms. The van der Waals surface area contributed by atoms with Crippen LogP contribution in [-0.4, -0.2) is 14.8 Å². The second-order valence-electron chi connectivity index (χ2n) is 7.28. The third-order valence-corrected chi connectivity index (χ3v) is 7.15. The number of aromatic nitrogens is 3. The fraction of sp³-hybridized carbons (Fsp3) is 0.429. The molecule has 3 aromatic rings. The van der Waals surface area contributed by atoms with E-state index in [9.17, 15) is 4.39 Å². The summed E-state index contributed by atoms with van der Waals surface area (Å²) < 4.78 is 15.7. The van der Waals surface area contributed by atoms with Crippen molar-refractivity contribution >= 4 is 23.1 Å². The minimum atomic E-state index is -0.192. The molecule has 0 radical (unpaired) electrons. The fourth-order valence-corrected chi connectivity index (χ4v) is 5.81. The Balaban J connectivity index is 1.61. The average molecular weight is 402 g/mol. The van der Waals surface area contributed by atoms with Crippen molar-refractivity contribution in [3.8, 4) is 11.4 Å². The van der Waals surface area contributed by atoms with Crippen molar-refractivity contribution in [3.63, 3.8) is 0 Å². The minimum Gasteiger partial charge on any atom is -0.302 e. The molecule has 0 saturated carbocycles. The van der Waals surface area contributed by atoms with Crippen LogP contribution in [0.25, 0.3) is 11.4 Å². The van der Waals surface area contributed by atoms with E-state index in [1.54, 1.807) is 23.9 Å². The molecule has 0 N–H and O–H groups in total. The SMILES string of the molecule is CCCn1c(SCc2cccc(F)c2)nnc1-c1csc2c1CCC(C)C2. The van der Waals surface area contributed by atoms with Crippen molar-refractivity contribution in [2.75, 3.05) is 0 Å². The van der Waals surface area contributed by atoms with Gasteiger partial charge in [-0.2, -0.15) is 0 Å². The number of nitrogens with zero attached hydrogens (tertiary/aromatic N) is 3. The zero-order valence-corrected chi connectivity index (χ0v) is 17.4. The van der Waals surface area contributed by atoms with Crippen molar-refractivity contribution in [2.45, 2.75) is 57.0 Å². The van der Waals surface area contributed by atoms with Gasteiger partial charge < -0.3 is 4.57 Å². The molecular weight excluding hydrogens is 377 g/mol. The Morgan fingerprint density at radius 3 is 3.04 bits per heavy atom. The van der Waals surface area contributed by atoms with Crippen LogP contribution in [0.1, 0.15) is 42.7 Å². The Labute approximate surface area is 168 Å². The van der Waals surface area contributed by atoms with Gasteiger partial charge in [-0.25, -0.2) is 4.39 Å². The summed E-state index contributed by atoms with van der Waals surface area (Å²) in [6.45, 7) is 5.41. The lowest BCUT2D eigenvalue weighted by molar-refractivity contribution is 0.508. The maximum atomic E-state index is 13.4. The monoisotopic (exact) mass is 401 g/mol. The molecule has 1 unspecified atom stereocenters. The predicted molar refractivity (Wildman–Crippen MR) is 111 cm³/mol. The van der Waals surface area contributed by atoms with E-state index >= 15 is 0 Å². The molecule has 3 nitrogen and oxygen atoms in total.